The second kappa shape index (κ2) is 5.96. The molecular formula is C13H17N6O2+. The van der Waals surface area contributed by atoms with Gasteiger partial charge in [0, 0.05) is 12.1 Å². The molecule has 8 nitrogen and oxygen atoms in total. The first-order valence-electron chi connectivity index (χ1n) is 7.10. The third-order valence-corrected chi connectivity index (χ3v) is 3.79. The molecular weight excluding hydrogens is 272 g/mol. The number of hydrogen-bond acceptors (Lipinski definition) is 5. The molecule has 0 saturated carbocycles. The minimum atomic E-state index is -0.413. The predicted octanol–water partition coefficient (Wildman–Crippen LogP) is 0.139. The molecule has 0 amide bonds. The molecule has 1 aliphatic heterocycles. The molecule has 0 aliphatic carbocycles. The van der Waals surface area contributed by atoms with E-state index in [0.717, 1.165) is 25.5 Å². The summed E-state index contributed by atoms with van der Waals surface area (Å²) in [5.74, 6) is 0.743. The highest BCUT2D eigenvalue weighted by atomic mass is 16.6. The van der Waals surface area contributed by atoms with Gasteiger partial charge >= 0.3 is 0 Å². The molecule has 3 rings (SSSR count). The molecule has 0 radical (unpaired) electrons. The second-order valence-corrected chi connectivity index (χ2v) is 5.27. The predicted molar refractivity (Wildman–Crippen MR) is 74.1 cm³/mol. The summed E-state index contributed by atoms with van der Waals surface area (Å²) in [7, 11) is 0. The van der Waals surface area contributed by atoms with Crippen molar-refractivity contribution in [2.24, 2.45) is 0 Å². The van der Waals surface area contributed by atoms with E-state index in [2.05, 4.69) is 15.5 Å². The van der Waals surface area contributed by atoms with Gasteiger partial charge in [0.1, 0.15) is 6.54 Å². The van der Waals surface area contributed by atoms with Crippen LogP contribution in [-0.2, 0) is 6.54 Å². The van der Waals surface area contributed by atoms with Gasteiger partial charge in [-0.15, -0.1) is 5.10 Å². The average molecular weight is 289 g/mol. The van der Waals surface area contributed by atoms with E-state index < -0.39 is 4.92 Å². The molecule has 21 heavy (non-hydrogen) atoms. The van der Waals surface area contributed by atoms with Gasteiger partial charge in [0.25, 0.3) is 5.69 Å². The van der Waals surface area contributed by atoms with Crippen molar-refractivity contribution in [3.05, 3.63) is 40.2 Å². The van der Waals surface area contributed by atoms with Gasteiger partial charge in [0.2, 0.25) is 5.82 Å². The van der Waals surface area contributed by atoms with Crippen molar-refractivity contribution in [3.63, 3.8) is 0 Å². The first kappa shape index (κ1) is 13.6. The van der Waals surface area contributed by atoms with E-state index in [1.54, 1.807) is 16.8 Å². The molecule has 1 N–H and O–H groups in total. The molecule has 110 valence electrons. The van der Waals surface area contributed by atoms with Gasteiger partial charge in [-0.05, 0) is 35.8 Å². The van der Waals surface area contributed by atoms with E-state index in [1.807, 2.05) is 0 Å². The Morgan fingerprint density at radius 3 is 2.86 bits per heavy atom. The highest BCUT2D eigenvalue weighted by molar-refractivity contribution is 5.42. The zero-order valence-corrected chi connectivity index (χ0v) is 11.6. The summed E-state index contributed by atoms with van der Waals surface area (Å²) in [6, 6.07) is 6.37. The highest BCUT2D eigenvalue weighted by Gasteiger charge is 2.19. The van der Waals surface area contributed by atoms with Gasteiger partial charge < -0.3 is 4.90 Å². The van der Waals surface area contributed by atoms with Crippen LogP contribution in [0.2, 0.25) is 0 Å². The van der Waals surface area contributed by atoms with E-state index >= 15 is 0 Å². The molecule has 8 heteroatoms. The lowest BCUT2D eigenvalue weighted by atomic mass is 10.1. The number of aromatic nitrogens is 4. The lowest BCUT2D eigenvalue weighted by Crippen LogP contribution is -3.11. The molecule has 1 fully saturated rings. The molecule has 0 atom stereocenters. The van der Waals surface area contributed by atoms with Gasteiger partial charge in [-0.1, -0.05) is 6.07 Å². The molecule has 1 aromatic carbocycles. The summed E-state index contributed by atoms with van der Waals surface area (Å²) >= 11 is 0. The Kier molecular flexibility index (Phi) is 3.87. The molecule has 1 aromatic heterocycles. The van der Waals surface area contributed by atoms with Crippen LogP contribution in [0.4, 0.5) is 5.69 Å². The van der Waals surface area contributed by atoms with E-state index in [4.69, 9.17) is 0 Å². The van der Waals surface area contributed by atoms with Crippen LogP contribution in [0.15, 0.2) is 24.3 Å². The van der Waals surface area contributed by atoms with Crippen LogP contribution >= 0.6 is 0 Å². The first-order chi connectivity index (χ1) is 10.2. The number of nitrogens with one attached hydrogen (secondary N) is 1. The molecule has 2 aromatic rings. The van der Waals surface area contributed by atoms with Gasteiger partial charge in [-0.2, -0.15) is 4.68 Å². The smallest absolute Gasteiger partial charge is 0.271 e. The number of quaternary nitrogens is 1. The molecule has 0 bridgehead atoms. The zero-order valence-electron chi connectivity index (χ0n) is 11.6. The molecule has 2 heterocycles. The van der Waals surface area contributed by atoms with E-state index in [1.165, 1.54) is 36.3 Å². The summed E-state index contributed by atoms with van der Waals surface area (Å²) < 4.78 is 1.59. The Morgan fingerprint density at radius 1 is 1.29 bits per heavy atom. The van der Waals surface area contributed by atoms with Crippen molar-refractivity contribution in [1.82, 2.24) is 20.2 Å². The molecule has 0 spiro atoms. The zero-order chi connectivity index (χ0) is 14.7. The second-order valence-electron chi connectivity index (χ2n) is 5.27. The SMILES string of the molecule is O=[N+]([O-])c1cccc(-n2nnnc2C[NH+]2CCCCC2)c1. The van der Waals surface area contributed by atoms with Crippen LogP contribution in [0.5, 0.6) is 0 Å². The fourth-order valence-electron chi connectivity index (χ4n) is 2.71. The summed E-state index contributed by atoms with van der Waals surface area (Å²) in [6.07, 6.45) is 3.75. The fraction of sp³-hybridized carbons (Fsp3) is 0.462. The summed E-state index contributed by atoms with van der Waals surface area (Å²) in [6.45, 7) is 3.00. The standard InChI is InChI=1S/C13H16N6O2/c20-19(21)12-6-4-5-11(9-12)18-13(14-15-16-18)10-17-7-2-1-3-8-17/h4-6,9H,1-3,7-8,10H2/p+1. The summed E-state index contributed by atoms with van der Waals surface area (Å²) in [5, 5.41) is 22.6. The number of tetrazole rings is 1. The lowest BCUT2D eigenvalue weighted by Gasteiger charge is -2.22. The van der Waals surface area contributed by atoms with Crippen LogP contribution in [0.25, 0.3) is 5.69 Å². The summed E-state index contributed by atoms with van der Waals surface area (Å²) in [5.41, 5.74) is 0.667. The highest BCUT2D eigenvalue weighted by Crippen LogP contribution is 2.16. The van der Waals surface area contributed by atoms with Crippen LogP contribution in [-0.4, -0.2) is 38.2 Å². The Morgan fingerprint density at radius 2 is 2.10 bits per heavy atom. The van der Waals surface area contributed by atoms with Crippen LogP contribution in [0.3, 0.4) is 0 Å². The van der Waals surface area contributed by atoms with Crippen molar-refractivity contribution in [2.75, 3.05) is 13.1 Å². The maximum Gasteiger partial charge on any atom is 0.271 e. The number of nitro benzene ring substituents is 1. The van der Waals surface area contributed by atoms with Gasteiger partial charge in [-0.25, -0.2) is 0 Å². The van der Waals surface area contributed by atoms with E-state index in [0.29, 0.717) is 5.69 Å². The number of non-ortho nitro benzene ring substituents is 1. The van der Waals surface area contributed by atoms with Gasteiger partial charge in [0.15, 0.2) is 0 Å². The number of piperidine rings is 1. The largest absolute Gasteiger partial charge is 0.329 e. The number of nitrogens with zero attached hydrogens (tertiary/aromatic N) is 5. The third-order valence-electron chi connectivity index (χ3n) is 3.79. The minimum Gasteiger partial charge on any atom is -0.329 e. The minimum absolute atomic E-state index is 0.0410. The number of nitro groups is 1. The van der Waals surface area contributed by atoms with Crippen molar-refractivity contribution in [3.8, 4) is 5.69 Å². The summed E-state index contributed by atoms with van der Waals surface area (Å²) in [4.78, 5) is 11.9. The molecule has 1 aliphatic rings. The Balaban J connectivity index is 1.84. The number of rotatable bonds is 4. The van der Waals surface area contributed by atoms with Crippen LogP contribution in [0.1, 0.15) is 25.1 Å². The van der Waals surface area contributed by atoms with Crippen molar-refractivity contribution in [2.45, 2.75) is 25.8 Å². The van der Waals surface area contributed by atoms with Crippen molar-refractivity contribution >= 4 is 5.69 Å². The maximum absolute atomic E-state index is 10.9. The van der Waals surface area contributed by atoms with Gasteiger partial charge in [0.05, 0.1) is 23.7 Å². The average Bonchev–Trinajstić information content (AvgIpc) is 2.96. The Hall–Kier alpha value is -2.35. The fourth-order valence-corrected chi connectivity index (χ4v) is 2.71. The lowest BCUT2D eigenvalue weighted by molar-refractivity contribution is -0.919. The van der Waals surface area contributed by atoms with Crippen LogP contribution in [0, 0.1) is 10.1 Å². The first-order valence-corrected chi connectivity index (χ1v) is 7.10. The monoisotopic (exact) mass is 289 g/mol. The molecule has 0 unspecified atom stereocenters. The van der Waals surface area contributed by atoms with E-state index in [-0.39, 0.29) is 5.69 Å². The topological polar surface area (TPSA) is 91.2 Å². The van der Waals surface area contributed by atoms with Gasteiger partial charge in [-0.3, -0.25) is 10.1 Å². The normalized spacial score (nSPS) is 16.0. The number of hydrogen-bond donors (Lipinski definition) is 1. The Labute approximate surface area is 121 Å². The third kappa shape index (κ3) is 3.05. The van der Waals surface area contributed by atoms with Crippen molar-refractivity contribution in [1.29, 1.82) is 0 Å². The number of likely N-dealkylation sites (tertiary alicyclic amines) is 1. The quantitative estimate of drug-likeness (QED) is 0.638. The maximum atomic E-state index is 10.9. The van der Waals surface area contributed by atoms with E-state index in [9.17, 15) is 10.1 Å². The van der Waals surface area contributed by atoms with Crippen LogP contribution < -0.4 is 4.90 Å². The number of benzene rings is 1. The molecule has 1 saturated heterocycles. The van der Waals surface area contributed by atoms with Crippen molar-refractivity contribution < 1.29 is 9.82 Å². The Bertz CT molecular complexity index is 635.